The molecular formula is C20H15BF2O3. The summed E-state index contributed by atoms with van der Waals surface area (Å²) < 4.78 is 38.7. The minimum absolute atomic E-state index is 0.119. The Labute approximate surface area is 150 Å². The molecule has 0 amide bonds. The van der Waals surface area contributed by atoms with E-state index in [9.17, 15) is 13.6 Å². The van der Waals surface area contributed by atoms with Crippen molar-refractivity contribution < 1.29 is 22.9 Å². The van der Waals surface area contributed by atoms with Crippen molar-refractivity contribution in [1.82, 2.24) is 0 Å². The normalized spacial score (nSPS) is 22.3. The molecule has 1 unspecified atom stereocenters. The SMILES string of the molecule is O=C1OB(c2cc(F)cc(F)c2)OC1(C1=CCCC=C1)c1ccccc1. The van der Waals surface area contributed by atoms with E-state index in [0.717, 1.165) is 31.0 Å². The smallest absolute Gasteiger partial charge is 0.503 e. The zero-order chi connectivity index (χ0) is 18.1. The molecule has 0 radical (unpaired) electrons. The number of benzene rings is 2. The predicted octanol–water partition coefficient (Wildman–Crippen LogP) is 3.41. The molecule has 26 heavy (non-hydrogen) atoms. The van der Waals surface area contributed by atoms with Crippen molar-refractivity contribution in [3.05, 3.63) is 89.5 Å². The Balaban J connectivity index is 1.81. The van der Waals surface area contributed by atoms with Crippen LogP contribution < -0.4 is 5.46 Å². The number of rotatable bonds is 3. The first-order valence-electron chi connectivity index (χ1n) is 8.37. The second kappa shape index (κ2) is 6.54. The number of carbonyl (C=O) groups is 1. The summed E-state index contributed by atoms with van der Waals surface area (Å²) in [4.78, 5) is 12.9. The molecule has 1 saturated heterocycles. The van der Waals surface area contributed by atoms with Crippen molar-refractivity contribution >= 4 is 18.6 Å². The average molecular weight is 352 g/mol. The van der Waals surface area contributed by atoms with Crippen molar-refractivity contribution in [2.75, 3.05) is 0 Å². The third-order valence-electron chi connectivity index (χ3n) is 4.52. The molecule has 1 aliphatic carbocycles. The molecule has 2 aliphatic rings. The average Bonchev–Trinajstić information content (AvgIpc) is 3.01. The largest absolute Gasteiger partial charge is 0.566 e. The molecule has 130 valence electrons. The van der Waals surface area contributed by atoms with Gasteiger partial charge in [-0.15, -0.1) is 0 Å². The van der Waals surface area contributed by atoms with Gasteiger partial charge < -0.3 is 9.31 Å². The van der Waals surface area contributed by atoms with Gasteiger partial charge in [-0.3, -0.25) is 0 Å². The highest BCUT2D eigenvalue weighted by Gasteiger charge is 2.56. The first kappa shape index (κ1) is 16.7. The number of carbonyl (C=O) groups excluding carboxylic acids is 1. The lowest BCUT2D eigenvalue weighted by Gasteiger charge is -2.28. The van der Waals surface area contributed by atoms with Crippen LogP contribution in [0.25, 0.3) is 0 Å². The summed E-state index contributed by atoms with van der Waals surface area (Å²) in [6.07, 6.45) is 7.39. The Bertz CT molecular complexity index is 890. The van der Waals surface area contributed by atoms with Crippen LogP contribution in [0.5, 0.6) is 0 Å². The molecule has 0 N–H and O–H groups in total. The fourth-order valence-corrected chi connectivity index (χ4v) is 3.35. The minimum atomic E-state index is -1.45. The summed E-state index contributed by atoms with van der Waals surface area (Å²) >= 11 is 0. The van der Waals surface area contributed by atoms with Crippen LogP contribution in [0.2, 0.25) is 0 Å². The Morgan fingerprint density at radius 2 is 1.73 bits per heavy atom. The summed E-state index contributed by atoms with van der Waals surface area (Å²) in [6, 6.07) is 12.0. The maximum absolute atomic E-state index is 13.6. The summed E-state index contributed by atoms with van der Waals surface area (Å²) in [6.45, 7) is 0. The van der Waals surface area contributed by atoms with Gasteiger partial charge in [0, 0.05) is 11.5 Å². The lowest BCUT2D eigenvalue weighted by atomic mass is 9.78. The highest BCUT2D eigenvalue weighted by molar-refractivity contribution is 6.64. The van der Waals surface area contributed by atoms with E-state index in [0.29, 0.717) is 11.1 Å². The summed E-state index contributed by atoms with van der Waals surface area (Å²) in [5, 5.41) is 0. The minimum Gasteiger partial charge on any atom is -0.503 e. The Hall–Kier alpha value is -2.73. The highest BCUT2D eigenvalue weighted by atomic mass is 19.1. The number of hydrogen-bond donors (Lipinski definition) is 0. The van der Waals surface area contributed by atoms with Crippen LogP contribution in [-0.2, 0) is 19.7 Å². The maximum Gasteiger partial charge on any atom is 0.566 e. The van der Waals surface area contributed by atoms with Gasteiger partial charge in [-0.05, 0) is 36.1 Å². The van der Waals surface area contributed by atoms with E-state index >= 15 is 0 Å². The quantitative estimate of drug-likeness (QED) is 0.795. The molecule has 4 rings (SSSR count). The van der Waals surface area contributed by atoms with Crippen LogP contribution in [0.1, 0.15) is 18.4 Å². The van der Waals surface area contributed by atoms with Crippen LogP contribution in [0.4, 0.5) is 8.78 Å². The standard InChI is InChI=1S/C20H15BF2O3/c22-17-11-16(12-18(23)13-17)21-25-19(24)20(26-21,14-7-3-1-4-8-14)15-9-5-2-6-10-15/h1,3-5,7-13H,2,6H2. The second-order valence-corrected chi connectivity index (χ2v) is 6.24. The Morgan fingerprint density at radius 3 is 2.38 bits per heavy atom. The van der Waals surface area contributed by atoms with Crippen LogP contribution in [0, 0.1) is 11.6 Å². The van der Waals surface area contributed by atoms with Gasteiger partial charge in [0.2, 0.25) is 5.60 Å². The van der Waals surface area contributed by atoms with Gasteiger partial charge in [-0.1, -0.05) is 48.6 Å². The fourth-order valence-electron chi connectivity index (χ4n) is 3.35. The van der Waals surface area contributed by atoms with Crippen LogP contribution >= 0.6 is 0 Å². The van der Waals surface area contributed by atoms with E-state index in [-0.39, 0.29) is 5.46 Å². The third kappa shape index (κ3) is 2.76. The zero-order valence-corrected chi connectivity index (χ0v) is 13.8. The summed E-state index contributed by atoms with van der Waals surface area (Å²) in [5.74, 6) is -2.11. The van der Waals surface area contributed by atoms with E-state index < -0.39 is 30.3 Å². The van der Waals surface area contributed by atoms with Crippen molar-refractivity contribution in [3.63, 3.8) is 0 Å². The van der Waals surface area contributed by atoms with Crippen LogP contribution in [0.15, 0.2) is 72.3 Å². The molecule has 0 bridgehead atoms. The van der Waals surface area contributed by atoms with E-state index in [4.69, 9.17) is 9.31 Å². The van der Waals surface area contributed by atoms with Crippen molar-refractivity contribution in [3.8, 4) is 0 Å². The summed E-state index contributed by atoms with van der Waals surface area (Å²) in [5.41, 5.74) is -0.0541. The van der Waals surface area contributed by atoms with Gasteiger partial charge >= 0.3 is 13.1 Å². The zero-order valence-electron chi connectivity index (χ0n) is 13.8. The van der Waals surface area contributed by atoms with Crippen molar-refractivity contribution in [1.29, 1.82) is 0 Å². The van der Waals surface area contributed by atoms with Crippen LogP contribution in [-0.4, -0.2) is 13.1 Å². The van der Waals surface area contributed by atoms with E-state index in [1.807, 2.05) is 24.3 Å². The van der Waals surface area contributed by atoms with Gasteiger partial charge in [0.05, 0.1) is 0 Å². The van der Waals surface area contributed by atoms with Gasteiger partial charge in [0.15, 0.2) is 0 Å². The first-order chi connectivity index (χ1) is 12.6. The lowest BCUT2D eigenvalue weighted by molar-refractivity contribution is -0.141. The van der Waals surface area contributed by atoms with Gasteiger partial charge in [-0.2, -0.15) is 0 Å². The van der Waals surface area contributed by atoms with Crippen molar-refractivity contribution in [2.24, 2.45) is 0 Å². The van der Waals surface area contributed by atoms with Gasteiger partial charge in [0.25, 0.3) is 0 Å². The third-order valence-corrected chi connectivity index (χ3v) is 4.52. The topological polar surface area (TPSA) is 35.5 Å². The van der Waals surface area contributed by atoms with E-state index in [1.165, 1.54) is 0 Å². The van der Waals surface area contributed by atoms with Gasteiger partial charge in [0.1, 0.15) is 11.6 Å². The van der Waals surface area contributed by atoms with Crippen LogP contribution in [0.3, 0.4) is 0 Å². The fraction of sp³-hybridized carbons (Fsp3) is 0.150. The number of allylic oxidation sites excluding steroid dienone is 2. The Kier molecular flexibility index (Phi) is 4.21. The predicted molar refractivity (Wildman–Crippen MR) is 93.5 cm³/mol. The molecule has 1 fully saturated rings. The number of hydrogen-bond acceptors (Lipinski definition) is 3. The molecule has 3 nitrogen and oxygen atoms in total. The molecule has 2 aromatic rings. The first-order valence-corrected chi connectivity index (χ1v) is 8.37. The second-order valence-electron chi connectivity index (χ2n) is 6.24. The van der Waals surface area contributed by atoms with E-state index in [1.54, 1.807) is 24.3 Å². The lowest BCUT2D eigenvalue weighted by Crippen LogP contribution is -2.38. The molecule has 6 heteroatoms. The Morgan fingerprint density at radius 1 is 1.00 bits per heavy atom. The molecule has 0 aromatic heterocycles. The molecule has 0 saturated carbocycles. The van der Waals surface area contributed by atoms with E-state index in [2.05, 4.69) is 0 Å². The molecule has 1 heterocycles. The van der Waals surface area contributed by atoms with Crippen molar-refractivity contribution in [2.45, 2.75) is 18.4 Å². The molecule has 0 spiro atoms. The summed E-state index contributed by atoms with van der Waals surface area (Å²) in [7, 11) is -1.19. The molecular weight excluding hydrogens is 337 g/mol. The maximum atomic E-state index is 13.6. The molecule has 1 atom stereocenters. The number of halogens is 2. The highest BCUT2D eigenvalue weighted by Crippen LogP contribution is 2.42. The molecule has 2 aromatic carbocycles. The monoisotopic (exact) mass is 352 g/mol. The molecule has 1 aliphatic heterocycles. The van der Waals surface area contributed by atoms with Gasteiger partial charge in [-0.25, -0.2) is 13.6 Å².